The maximum atomic E-state index is 15.5. The Morgan fingerprint density at radius 3 is 2.49 bits per heavy atom. The second-order valence-electron chi connectivity index (χ2n) is 9.17. The molecule has 4 aromatic rings. The van der Waals surface area contributed by atoms with Gasteiger partial charge in [-0.25, -0.2) is 18.7 Å². The Hall–Kier alpha value is -3.37. The van der Waals surface area contributed by atoms with Crippen molar-refractivity contribution in [1.29, 1.82) is 0 Å². The Morgan fingerprint density at radius 2 is 1.76 bits per heavy atom. The number of hydrogen-bond acceptors (Lipinski definition) is 16. The Bertz CT molecular complexity index is 1720. The predicted molar refractivity (Wildman–Crippen MR) is 135 cm³/mol. The van der Waals surface area contributed by atoms with Crippen molar-refractivity contribution in [3.8, 4) is 0 Å². The summed E-state index contributed by atoms with van der Waals surface area (Å²) >= 11 is 5.27. The minimum atomic E-state index is -4.27. The van der Waals surface area contributed by atoms with Gasteiger partial charge in [-0.1, -0.05) is 10.4 Å². The second-order valence-corrected chi connectivity index (χ2v) is 12.7. The van der Waals surface area contributed by atoms with Gasteiger partial charge in [0.05, 0.1) is 13.2 Å². The number of ether oxygens (including phenoxy) is 2. The molecule has 6 heterocycles. The minimum Gasteiger partial charge on any atom is -0.394 e. The summed E-state index contributed by atoms with van der Waals surface area (Å²) in [6.45, 7) is -5.75. The summed E-state index contributed by atoms with van der Waals surface area (Å²) < 4.78 is 49.1. The lowest BCUT2D eigenvalue weighted by Gasteiger charge is -2.28. The molecule has 0 bridgehead atoms. The molecule has 19 nitrogen and oxygen atoms in total. The second kappa shape index (κ2) is 10.2. The van der Waals surface area contributed by atoms with Crippen LogP contribution in [0, 0.1) is 0 Å². The summed E-state index contributed by atoms with van der Waals surface area (Å²) in [6.07, 6.45) is -10.7. The fraction of sp³-hybridized carbons (Fsp3) is 0.556. The molecule has 2 aliphatic rings. The quantitative estimate of drug-likeness (QED) is 0.116. The van der Waals surface area contributed by atoms with E-state index in [4.69, 9.17) is 37.3 Å². The number of halogens is 2. The molecule has 0 radical (unpaired) electrons. The topological polar surface area (TPSA) is 273 Å². The van der Waals surface area contributed by atoms with Crippen LogP contribution in [0.25, 0.3) is 22.3 Å². The zero-order valence-corrected chi connectivity index (χ0v) is 22.1. The van der Waals surface area contributed by atoms with E-state index in [0.29, 0.717) is 0 Å². The van der Waals surface area contributed by atoms with Gasteiger partial charge in [0.15, 0.2) is 53.3 Å². The number of aromatic amines is 1. The Balaban J connectivity index is 1.25. The highest BCUT2D eigenvalue weighted by atomic mass is 32.5. The Morgan fingerprint density at radius 1 is 1.07 bits per heavy atom. The average Bonchev–Trinajstić information content (AvgIpc) is 3.68. The third kappa shape index (κ3) is 4.52. The largest absolute Gasteiger partial charge is 0.394 e. The van der Waals surface area contributed by atoms with Crippen LogP contribution in [0.4, 0.5) is 20.5 Å². The number of anilines is 2. The molecule has 6 rings (SSSR count). The van der Waals surface area contributed by atoms with Crippen LogP contribution in [0.15, 0.2) is 11.1 Å². The average molecular weight is 618 g/mol. The van der Waals surface area contributed by atoms with Gasteiger partial charge in [-0.2, -0.15) is 14.3 Å². The number of aliphatic hydroxyl groups is 2. The number of nitrogens with one attached hydrogen (secondary N) is 1. The first-order valence-corrected chi connectivity index (χ1v) is 14.5. The van der Waals surface area contributed by atoms with E-state index < -0.39 is 74.0 Å². The van der Waals surface area contributed by atoms with E-state index in [1.165, 1.54) is 0 Å². The van der Waals surface area contributed by atoms with Crippen LogP contribution in [0.5, 0.6) is 0 Å². The summed E-state index contributed by atoms with van der Waals surface area (Å²) in [5.41, 5.74) is 8.60. The lowest BCUT2D eigenvalue weighted by molar-refractivity contribution is -0.0481. The lowest BCUT2D eigenvalue weighted by atomic mass is 10.1. The van der Waals surface area contributed by atoms with Crippen LogP contribution < -0.4 is 17.0 Å². The number of aromatic nitrogens is 10. The molecule has 2 saturated heterocycles. The number of rotatable bonds is 7. The molecular weight excluding hydrogens is 597 g/mol. The van der Waals surface area contributed by atoms with Crippen molar-refractivity contribution < 1.29 is 37.9 Å². The molecule has 0 aromatic carbocycles. The van der Waals surface area contributed by atoms with Crippen molar-refractivity contribution >= 4 is 52.4 Å². The van der Waals surface area contributed by atoms with Gasteiger partial charge < -0.3 is 40.6 Å². The van der Waals surface area contributed by atoms with Crippen LogP contribution in [0.2, 0.25) is 0 Å². The number of aliphatic hydroxyl groups excluding tert-OH is 2. The molecule has 1 unspecified atom stereocenters. The third-order valence-electron chi connectivity index (χ3n) is 6.69. The van der Waals surface area contributed by atoms with Gasteiger partial charge >= 0.3 is 0 Å². The summed E-state index contributed by atoms with van der Waals surface area (Å²) in [6, 6.07) is 0. The van der Waals surface area contributed by atoms with Crippen molar-refractivity contribution in [2.75, 3.05) is 24.7 Å². The molecule has 0 amide bonds. The van der Waals surface area contributed by atoms with Crippen LogP contribution in [-0.2, 0) is 25.8 Å². The van der Waals surface area contributed by atoms with Crippen LogP contribution in [0.3, 0.4) is 0 Å². The van der Waals surface area contributed by atoms with E-state index in [0.717, 1.165) is 15.7 Å². The highest BCUT2D eigenvalue weighted by molar-refractivity contribution is 8.09. The summed E-state index contributed by atoms with van der Waals surface area (Å²) in [5.74, 6) is -0.304. The lowest BCUT2D eigenvalue weighted by Crippen LogP contribution is -2.34. The van der Waals surface area contributed by atoms with E-state index >= 15 is 8.78 Å². The van der Waals surface area contributed by atoms with Gasteiger partial charge in [0, 0.05) is 0 Å². The van der Waals surface area contributed by atoms with Gasteiger partial charge in [-0.15, -0.1) is 10.2 Å². The van der Waals surface area contributed by atoms with Crippen molar-refractivity contribution in [2.45, 2.75) is 48.8 Å². The van der Waals surface area contributed by atoms with E-state index in [2.05, 4.69) is 40.6 Å². The molecule has 4 aromatic heterocycles. The number of hydrogen-bond donors (Lipinski definition) is 6. The van der Waals surface area contributed by atoms with Crippen molar-refractivity contribution in [2.24, 2.45) is 0 Å². The van der Waals surface area contributed by atoms with Crippen LogP contribution in [0.1, 0.15) is 12.5 Å². The molecule has 9 atom stereocenters. The zero-order valence-electron chi connectivity index (χ0n) is 20.4. The van der Waals surface area contributed by atoms with Crippen molar-refractivity contribution in [1.82, 2.24) is 49.9 Å². The van der Waals surface area contributed by atoms with E-state index in [-0.39, 0.29) is 34.1 Å². The fourth-order valence-electron chi connectivity index (χ4n) is 4.69. The van der Waals surface area contributed by atoms with Gasteiger partial charge in [-0.3, -0.25) is 9.78 Å². The van der Waals surface area contributed by atoms with Gasteiger partial charge in [0.2, 0.25) is 5.95 Å². The van der Waals surface area contributed by atoms with Gasteiger partial charge in [0.1, 0.15) is 36.5 Å². The van der Waals surface area contributed by atoms with E-state index in [1.54, 1.807) is 0 Å². The molecule has 0 spiro atoms. The molecule has 2 aliphatic heterocycles. The maximum Gasteiger partial charge on any atom is 0.282 e. The normalized spacial score (nSPS) is 31.7. The highest BCUT2D eigenvalue weighted by Crippen LogP contribution is 2.58. The number of fused-ring (bicyclic) bond motifs is 2. The number of nitrogens with zero attached hydrogens (tertiary/aromatic N) is 9. The summed E-state index contributed by atoms with van der Waals surface area (Å²) in [4.78, 5) is 37.3. The molecule has 0 aliphatic carbocycles. The van der Waals surface area contributed by atoms with Crippen molar-refractivity contribution in [3.63, 3.8) is 0 Å². The molecule has 8 N–H and O–H groups in total. The fourth-order valence-corrected chi connectivity index (χ4v) is 7.13. The predicted octanol–water partition coefficient (Wildman–Crippen LogP) is -2.57. The zero-order chi connectivity index (χ0) is 29.2. The molecule has 220 valence electrons. The third-order valence-corrected chi connectivity index (χ3v) is 9.55. The molecule has 2 fully saturated rings. The van der Waals surface area contributed by atoms with E-state index in [1.807, 2.05) is 0 Å². The standard InChI is InChI=1S/C18H21F2N12O7PS/c19-6-4(1-33)38-17(32-14-9(28-30-32)15(35)26-18(22)25-14)11(6)40(36,41)37-2-5-10(34)7(20)16(39-5)31-13-8(27-29-31)12(21)23-3-24-13/h3-7,10-11,16-17,33-34H,1-2H2,(H,36,41)(H2,21,23,24)(H3,22,25,26,35)/t4-,5-,6-,7+,10-,11-,16-,17-,40?/m1/s1. The number of nitrogen functional groups attached to an aromatic ring is 2. The summed E-state index contributed by atoms with van der Waals surface area (Å²) in [5, 5.41) is 35.2. The molecule has 41 heavy (non-hydrogen) atoms. The first-order valence-electron chi connectivity index (χ1n) is 11.8. The monoisotopic (exact) mass is 618 g/mol. The van der Waals surface area contributed by atoms with E-state index in [9.17, 15) is 19.9 Å². The minimum absolute atomic E-state index is 0.00555. The summed E-state index contributed by atoms with van der Waals surface area (Å²) in [7, 11) is 0. The number of H-pyrrole nitrogens is 1. The molecular formula is C18H21F2N12O7PS. The Kier molecular flexibility index (Phi) is 6.89. The SMILES string of the molecule is Nc1nc2c(nnn2[C@@H]2O[C@H](CO)[C@@H](F)[C@H]2P(O)(=S)OC[C@H]2O[C@@H](n3nnc4c(N)ncnc43)[C@@H](F)[C@@H]2O)c(=O)[nH]1. The number of nitrogens with two attached hydrogens (primary N) is 2. The van der Waals surface area contributed by atoms with Crippen LogP contribution in [-0.4, -0.2) is 115 Å². The van der Waals surface area contributed by atoms with Gasteiger partial charge in [-0.05, 0) is 11.8 Å². The number of alkyl halides is 2. The Labute approximate surface area is 230 Å². The van der Waals surface area contributed by atoms with Gasteiger partial charge in [0.25, 0.3) is 5.56 Å². The first-order chi connectivity index (χ1) is 19.5. The smallest absolute Gasteiger partial charge is 0.282 e. The van der Waals surface area contributed by atoms with Crippen molar-refractivity contribution in [3.05, 3.63) is 16.7 Å². The molecule has 0 saturated carbocycles. The van der Waals surface area contributed by atoms with Crippen LogP contribution >= 0.6 is 6.49 Å². The molecule has 23 heteroatoms. The first kappa shape index (κ1) is 27.8. The maximum absolute atomic E-state index is 15.5. The highest BCUT2D eigenvalue weighted by Gasteiger charge is 2.55.